The van der Waals surface area contributed by atoms with Gasteiger partial charge in [-0.1, -0.05) is 5.21 Å². The van der Waals surface area contributed by atoms with Gasteiger partial charge in [0.2, 0.25) is 0 Å². The molecule has 1 aromatic heterocycles. The van der Waals surface area contributed by atoms with Gasteiger partial charge >= 0.3 is 0 Å². The lowest BCUT2D eigenvalue weighted by Crippen LogP contribution is -2.09. The molecule has 0 unspecified atom stereocenters. The van der Waals surface area contributed by atoms with Crippen LogP contribution in [0.15, 0.2) is 0 Å². The van der Waals surface area contributed by atoms with E-state index in [-0.39, 0.29) is 0 Å². The summed E-state index contributed by atoms with van der Waals surface area (Å²) in [4.78, 5) is 10.6. The lowest BCUT2D eigenvalue weighted by atomic mass is 10.3. The fourth-order valence-electron chi connectivity index (χ4n) is 1.26. The fraction of sp³-hybridized carbons (Fsp3) is 0.667. The van der Waals surface area contributed by atoms with E-state index in [9.17, 15) is 4.79 Å². The number of nitrogens with zero attached hydrogens (tertiary/aromatic N) is 3. The van der Waals surface area contributed by atoms with E-state index in [1.807, 2.05) is 0 Å². The van der Waals surface area contributed by atoms with Crippen LogP contribution < -0.4 is 0 Å². The van der Waals surface area contributed by atoms with Crippen molar-refractivity contribution in [2.24, 2.45) is 0 Å². The smallest absolute Gasteiger partial charge is 0.172 e. The summed E-state index contributed by atoms with van der Waals surface area (Å²) in [5.41, 5.74) is 1.05. The van der Waals surface area contributed by atoms with Gasteiger partial charge in [-0.3, -0.25) is 4.79 Å². The molecule has 6 heteroatoms. The van der Waals surface area contributed by atoms with Gasteiger partial charge in [0.05, 0.1) is 12.3 Å². The highest BCUT2D eigenvalue weighted by Crippen LogP contribution is 2.05. The molecule has 1 rings (SSSR count). The molecule has 0 aliphatic rings. The van der Waals surface area contributed by atoms with Crippen molar-refractivity contribution in [3.8, 4) is 0 Å². The molecule has 0 atom stereocenters. The van der Waals surface area contributed by atoms with Crippen LogP contribution in [0.5, 0.6) is 0 Å². The van der Waals surface area contributed by atoms with Crippen molar-refractivity contribution in [2.45, 2.75) is 19.6 Å². The molecule has 6 nitrogen and oxygen atoms in total. The molecule has 0 aliphatic carbocycles. The first-order valence-corrected chi connectivity index (χ1v) is 4.69. The van der Waals surface area contributed by atoms with Gasteiger partial charge in [-0.05, 0) is 6.42 Å². The van der Waals surface area contributed by atoms with Gasteiger partial charge in [-0.2, -0.15) is 0 Å². The summed E-state index contributed by atoms with van der Waals surface area (Å²) in [6.07, 6.45) is 1.52. The van der Waals surface area contributed by atoms with Crippen LogP contribution in [0.4, 0.5) is 0 Å². The zero-order chi connectivity index (χ0) is 11.1. The molecule has 0 aliphatic heterocycles. The van der Waals surface area contributed by atoms with Gasteiger partial charge in [-0.25, -0.2) is 4.68 Å². The molecule has 0 saturated heterocycles. The minimum absolute atomic E-state index is 0.341. The molecule has 1 aromatic rings. The molecule has 0 aromatic carbocycles. The quantitative estimate of drug-likeness (QED) is 0.480. The number of aromatic nitrogens is 3. The maximum Gasteiger partial charge on any atom is 0.172 e. The summed E-state index contributed by atoms with van der Waals surface area (Å²) in [6, 6.07) is 0. The van der Waals surface area contributed by atoms with Crippen LogP contribution in [-0.4, -0.2) is 42.1 Å². The zero-order valence-corrected chi connectivity index (χ0v) is 8.97. The first kappa shape index (κ1) is 11.8. The van der Waals surface area contributed by atoms with Crippen molar-refractivity contribution in [3.63, 3.8) is 0 Å². The molecule has 0 bridgehead atoms. The van der Waals surface area contributed by atoms with Gasteiger partial charge < -0.3 is 9.47 Å². The molecular formula is C9H15N3O3. The van der Waals surface area contributed by atoms with Crippen molar-refractivity contribution in [3.05, 3.63) is 11.4 Å². The number of hydrogen-bond acceptors (Lipinski definition) is 5. The van der Waals surface area contributed by atoms with E-state index in [1.165, 1.54) is 0 Å². The van der Waals surface area contributed by atoms with E-state index in [4.69, 9.17) is 9.47 Å². The Bertz CT molecular complexity index is 312. The molecule has 0 amide bonds. The first-order valence-electron chi connectivity index (χ1n) is 4.69. The largest absolute Gasteiger partial charge is 0.385 e. The molecule has 0 saturated carbocycles. The fourth-order valence-corrected chi connectivity index (χ4v) is 1.26. The monoisotopic (exact) mass is 213 g/mol. The van der Waals surface area contributed by atoms with E-state index in [0.717, 1.165) is 6.42 Å². The minimum atomic E-state index is 0.341. The number of aryl methyl sites for hydroxylation is 1. The average Bonchev–Trinajstić information content (AvgIpc) is 2.62. The van der Waals surface area contributed by atoms with Gasteiger partial charge in [0.15, 0.2) is 12.0 Å². The van der Waals surface area contributed by atoms with E-state index < -0.39 is 0 Å². The molecule has 0 spiro atoms. The zero-order valence-electron chi connectivity index (χ0n) is 8.97. The summed E-state index contributed by atoms with van der Waals surface area (Å²) in [5.74, 6) is 0. The summed E-state index contributed by atoms with van der Waals surface area (Å²) < 4.78 is 11.6. The van der Waals surface area contributed by atoms with Crippen LogP contribution in [0.1, 0.15) is 22.6 Å². The van der Waals surface area contributed by atoms with Crippen LogP contribution in [0, 0.1) is 0 Å². The molecule has 1 heterocycles. The standard InChI is InChI=1S/C9H15N3O3/c1-14-5-3-4-12-9(7-15-2)8(6-13)10-11-12/h6H,3-5,7H2,1-2H3. The third-order valence-corrected chi connectivity index (χ3v) is 1.98. The normalized spacial score (nSPS) is 10.5. The number of methoxy groups -OCH3 is 2. The van der Waals surface area contributed by atoms with Crippen LogP contribution in [0.3, 0.4) is 0 Å². The number of rotatable bonds is 7. The van der Waals surface area contributed by atoms with Crippen molar-refractivity contribution in [2.75, 3.05) is 20.8 Å². The maximum absolute atomic E-state index is 10.6. The van der Waals surface area contributed by atoms with Crippen molar-refractivity contribution < 1.29 is 14.3 Å². The molecule has 15 heavy (non-hydrogen) atoms. The van der Waals surface area contributed by atoms with Gasteiger partial charge in [0.1, 0.15) is 0 Å². The number of hydrogen-bond donors (Lipinski definition) is 0. The molecule has 0 radical (unpaired) electrons. The molecule has 0 N–H and O–H groups in total. The van der Waals surface area contributed by atoms with Crippen LogP contribution in [0.2, 0.25) is 0 Å². The van der Waals surface area contributed by atoms with E-state index >= 15 is 0 Å². The number of carbonyl (C=O) groups is 1. The van der Waals surface area contributed by atoms with Gasteiger partial charge in [-0.15, -0.1) is 5.10 Å². The summed E-state index contributed by atoms with van der Waals surface area (Å²) >= 11 is 0. The Labute approximate surface area is 88.2 Å². The average molecular weight is 213 g/mol. The Kier molecular flexibility index (Phi) is 4.92. The minimum Gasteiger partial charge on any atom is -0.385 e. The number of carbonyl (C=O) groups excluding carboxylic acids is 1. The number of aldehydes is 1. The maximum atomic E-state index is 10.6. The third kappa shape index (κ3) is 3.10. The summed E-state index contributed by atoms with van der Waals surface area (Å²) in [7, 11) is 3.22. The Morgan fingerprint density at radius 3 is 2.80 bits per heavy atom. The Morgan fingerprint density at radius 2 is 2.20 bits per heavy atom. The SMILES string of the molecule is COCCCn1nnc(C=O)c1COC. The topological polar surface area (TPSA) is 66.2 Å². The highest BCUT2D eigenvalue weighted by atomic mass is 16.5. The second-order valence-corrected chi connectivity index (χ2v) is 3.04. The summed E-state index contributed by atoms with van der Waals surface area (Å²) in [6.45, 7) is 1.67. The van der Waals surface area contributed by atoms with Gasteiger partial charge in [0.25, 0.3) is 0 Å². The second kappa shape index (κ2) is 6.26. The van der Waals surface area contributed by atoms with E-state index in [0.29, 0.717) is 37.4 Å². The lowest BCUT2D eigenvalue weighted by molar-refractivity contribution is 0.111. The molecule has 0 fully saturated rings. The predicted molar refractivity (Wildman–Crippen MR) is 52.6 cm³/mol. The number of ether oxygens (including phenoxy) is 2. The van der Waals surface area contributed by atoms with Crippen molar-refractivity contribution >= 4 is 6.29 Å². The summed E-state index contributed by atoms with van der Waals surface area (Å²) in [5, 5.41) is 7.63. The molecular weight excluding hydrogens is 198 g/mol. The Morgan fingerprint density at radius 1 is 1.40 bits per heavy atom. The predicted octanol–water partition coefficient (Wildman–Crippen LogP) is 0.274. The van der Waals surface area contributed by atoms with Crippen LogP contribution in [0.25, 0.3) is 0 Å². The Balaban J connectivity index is 2.68. The third-order valence-electron chi connectivity index (χ3n) is 1.98. The van der Waals surface area contributed by atoms with E-state index in [1.54, 1.807) is 18.9 Å². The van der Waals surface area contributed by atoms with Crippen molar-refractivity contribution in [1.29, 1.82) is 0 Å². The highest BCUT2D eigenvalue weighted by molar-refractivity contribution is 5.73. The lowest BCUT2D eigenvalue weighted by Gasteiger charge is -2.05. The highest BCUT2D eigenvalue weighted by Gasteiger charge is 2.11. The van der Waals surface area contributed by atoms with Crippen molar-refractivity contribution in [1.82, 2.24) is 15.0 Å². The van der Waals surface area contributed by atoms with E-state index in [2.05, 4.69) is 10.3 Å². The van der Waals surface area contributed by atoms with Gasteiger partial charge in [0, 0.05) is 27.4 Å². The first-order chi connectivity index (χ1) is 7.33. The van der Waals surface area contributed by atoms with Crippen LogP contribution in [-0.2, 0) is 22.6 Å². The molecule has 84 valence electrons. The second-order valence-electron chi connectivity index (χ2n) is 3.04. The Hall–Kier alpha value is -1.27. The van der Waals surface area contributed by atoms with Crippen LogP contribution >= 0.6 is 0 Å².